The molecule has 33 heavy (non-hydrogen) atoms. The minimum Gasteiger partial charge on any atom is -0.422 e. The molecule has 3 aromatic carbocycles. The molecule has 0 bridgehead atoms. The van der Waals surface area contributed by atoms with Crippen LogP contribution in [0.25, 0.3) is 27.6 Å². The van der Waals surface area contributed by atoms with Gasteiger partial charge in [-0.3, -0.25) is 14.2 Å². The van der Waals surface area contributed by atoms with Crippen molar-refractivity contribution in [1.82, 2.24) is 9.55 Å². The van der Waals surface area contributed by atoms with Crippen molar-refractivity contribution in [2.75, 3.05) is 5.32 Å². The van der Waals surface area contributed by atoms with E-state index in [-0.39, 0.29) is 11.1 Å². The average molecular weight is 502 g/mol. The largest absolute Gasteiger partial charge is 0.422 e. The molecule has 0 fully saturated rings. The number of nitrogens with zero attached hydrogens (tertiary/aromatic N) is 2. The van der Waals surface area contributed by atoms with E-state index >= 15 is 0 Å². The topological polar surface area (TPSA) is 94.2 Å². The maximum Gasteiger partial charge on any atom is 0.349 e. The van der Waals surface area contributed by atoms with E-state index in [4.69, 9.17) is 4.42 Å². The van der Waals surface area contributed by atoms with E-state index < -0.39 is 11.5 Å². The first-order chi connectivity index (χ1) is 15.9. The molecule has 0 spiro atoms. The minimum absolute atomic E-state index is 0.119. The molecular weight excluding hydrogens is 486 g/mol. The highest BCUT2D eigenvalue weighted by Crippen LogP contribution is 2.21. The normalized spacial score (nSPS) is 11.1. The highest BCUT2D eigenvalue weighted by Gasteiger charge is 2.15. The molecule has 1 amide bonds. The Morgan fingerprint density at radius 1 is 1.00 bits per heavy atom. The van der Waals surface area contributed by atoms with Gasteiger partial charge in [-0.25, -0.2) is 9.78 Å². The molecule has 0 saturated carbocycles. The summed E-state index contributed by atoms with van der Waals surface area (Å²) >= 11 is 3.37. The van der Waals surface area contributed by atoms with Gasteiger partial charge >= 0.3 is 5.63 Å². The van der Waals surface area contributed by atoms with Crippen molar-refractivity contribution >= 4 is 49.4 Å². The number of benzene rings is 3. The molecule has 0 unspecified atom stereocenters. The Kier molecular flexibility index (Phi) is 5.14. The number of hydrogen-bond acceptors (Lipinski definition) is 5. The average Bonchev–Trinajstić information content (AvgIpc) is 2.79. The third-order valence-corrected chi connectivity index (χ3v) is 5.74. The molecular formula is C25H16BrN3O4. The highest BCUT2D eigenvalue weighted by molar-refractivity contribution is 9.10. The van der Waals surface area contributed by atoms with Gasteiger partial charge in [-0.2, -0.15) is 0 Å². The molecule has 2 heterocycles. The fraction of sp³-hybridized carbons (Fsp3) is 0.0400. The first-order valence-corrected chi connectivity index (χ1v) is 10.8. The van der Waals surface area contributed by atoms with Crippen molar-refractivity contribution in [3.05, 3.63) is 109 Å². The number of para-hydroxylation sites is 1. The predicted molar refractivity (Wildman–Crippen MR) is 130 cm³/mol. The number of fused-ring (bicyclic) bond motifs is 2. The van der Waals surface area contributed by atoms with Gasteiger partial charge in [0.2, 0.25) is 0 Å². The molecule has 8 heteroatoms. The summed E-state index contributed by atoms with van der Waals surface area (Å²) < 4.78 is 7.57. The van der Waals surface area contributed by atoms with Gasteiger partial charge < -0.3 is 9.73 Å². The first kappa shape index (κ1) is 20.8. The fourth-order valence-electron chi connectivity index (χ4n) is 3.72. The van der Waals surface area contributed by atoms with Crippen LogP contribution in [0, 0.1) is 6.92 Å². The zero-order chi connectivity index (χ0) is 23.1. The van der Waals surface area contributed by atoms with E-state index in [2.05, 4.69) is 26.2 Å². The lowest BCUT2D eigenvalue weighted by Crippen LogP contribution is -2.23. The van der Waals surface area contributed by atoms with Crippen molar-refractivity contribution < 1.29 is 9.21 Å². The van der Waals surface area contributed by atoms with Crippen molar-refractivity contribution in [3.8, 4) is 5.69 Å². The molecule has 0 aliphatic carbocycles. The third-order valence-electron chi connectivity index (χ3n) is 5.24. The Morgan fingerprint density at radius 3 is 2.67 bits per heavy atom. The molecule has 0 atom stereocenters. The highest BCUT2D eigenvalue weighted by atomic mass is 79.9. The molecule has 0 radical (unpaired) electrons. The summed E-state index contributed by atoms with van der Waals surface area (Å²) in [6, 6.07) is 20.6. The summed E-state index contributed by atoms with van der Waals surface area (Å²) in [4.78, 5) is 42.8. The maximum absolute atomic E-state index is 13.1. The van der Waals surface area contributed by atoms with E-state index in [9.17, 15) is 14.4 Å². The lowest BCUT2D eigenvalue weighted by molar-refractivity contribution is 0.102. The number of nitrogens with one attached hydrogen (secondary N) is 1. The lowest BCUT2D eigenvalue weighted by Gasteiger charge is -2.12. The Labute approximate surface area is 195 Å². The van der Waals surface area contributed by atoms with Gasteiger partial charge in [0.05, 0.1) is 16.6 Å². The second-order valence-electron chi connectivity index (χ2n) is 7.45. The summed E-state index contributed by atoms with van der Waals surface area (Å²) in [6.45, 7) is 1.75. The van der Waals surface area contributed by atoms with Crippen molar-refractivity contribution in [1.29, 1.82) is 0 Å². The number of carbonyl (C=O) groups is 1. The quantitative estimate of drug-likeness (QED) is 0.357. The first-order valence-electron chi connectivity index (χ1n) is 10.0. The van der Waals surface area contributed by atoms with E-state index in [0.717, 1.165) is 4.47 Å². The van der Waals surface area contributed by atoms with Crippen LogP contribution in [0.3, 0.4) is 0 Å². The molecule has 7 nitrogen and oxygen atoms in total. The van der Waals surface area contributed by atoms with E-state index in [1.165, 1.54) is 10.6 Å². The number of rotatable bonds is 3. The zero-order valence-electron chi connectivity index (χ0n) is 17.3. The van der Waals surface area contributed by atoms with E-state index in [1.807, 2.05) is 6.07 Å². The Morgan fingerprint density at radius 2 is 1.82 bits per heavy atom. The van der Waals surface area contributed by atoms with Crippen LogP contribution in [0.15, 0.2) is 91.3 Å². The van der Waals surface area contributed by atoms with Gasteiger partial charge in [-0.1, -0.05) is 34.1 Å². The monoisotopic (exact) mass is 501 g/mol. The Balaban J connectivity index is 1.52. The van der Waals surface area contributed by atoms with Crippen LogP contribution in [-0.2, 0) is 0 Å². The molecule has 5 rings (SSSR count). The van der Waals surface area contributed by atoms with Gasteiger partial charge in [0.1, 0.15) is 17.0 Å². The summed E-state index contributed by atoms with van der Waals surface area (Å²) in [5.74, 6) is -0.0913. The predicted octanol–water partition coefficient (Wildman–Crippen LogP) is 4.82. The fourth-order valence-corrected chi connectivity index (χ4v) is 4.10. The second-order valence-corrected chi connectivity index (χ2v) is 8.37. The molecule has 2 aromatic heterocycles. The Bertz CT molecular complexity index is 1690. The lowest BCUT2D eigenvalue weighted by atomic mass is 10.1. The number of anilines is 1. The third kappa shape index (κ3) is 3.85. The van der Waals surface area contributed by atoms with E-state index in [1.54, 1.807) is 67.6 Å². The van der Waals surface area contributed by atoms with Crippen molar-refractivity contribution in [2.24, 2.45) is 0 Å². The van der Waals surface area contributed by atoms with Crippen LogP contribution in [0.4, 0.5) is 5.69 Å². The van der Waals surface area contributed by atoms with Crippen LogP contribution in [0.2, 0.25) is 0 Å². The number of hydrogen-bond donors (Lipinski definition) is 1. The standard InChI is InChI=1S/C25H16BrN3O4/c1-14-27-21-8-3-2-7-19(21)24(31)29(14)18-6-4-5-17(13-18)28-23(30)20-12-15-11-16(26)9-10-22(15)33-25(20)32/h2-13H,1H3,(H,28,30). The van der Waals surface area contributed by atoms with Crippen LogP contribution in [-0.4, -0.2) is 15.5 Å². The second kappa shape index (κ2) is 8.14. The molecule has 0 aliphatic heterocycles. The van der Waals surface area contributed by atoms with Crippen LogP contribution in [0.1, 0.15) is 16.2 Å². The summed E-state index contributed by atoms with van der Waals surface area (Å²) in [6.07, 6.45) is 0. The van der Waals surface area contributed by atoms with Gasteiger partial charge in [0, 0.05) is 15.5 Å². The van der Waals surface area contributed by atoms with Gasteiger partial charge in [0.25, 0.3) is 11.5 Å². The summed E-state index contributed by atoms with van der Waals surface area (Å²) in [7, 11) is 0. The van der Waals surface area contributed by atoms with Gasteiger partial charge in [0.15, 0.2) is 0 Å². The van der Waals surface area contributed by atoms with Crippen LogP contribution < -0.4 is 16.5 Å². The molecule has 0 saturated heterocycles. The van der Waals surface area contributed by atoms with Crippen LogP contribution >= 0.6 is 15.9 Å². The SMILES string of the molecule is Cc1nc2ccccc2c(=O)n1-c1cccc(NC(=O)c2cc3cc(Br)ccc3oc2=O)c1. The van der Waals surface area contributed by atoms with Gasteiger partial charge in [-0.15, -0.1) is 0 Å². The van der Waals surface area contributed by atoms with Crippen LogP contribution in [0.5, 0.6) is 0 Å². The van der Waals surface area contributed by atoms with Crippen molar-refractivity contribution in [2.45, 2.75) is 6.92 Å². The number of halogens is 1. The van der Waals surface area contributed by atoms with Gasteiger partial charge in [-0.05, 0) is 61.5 Å². The molecule has 5 aromatic rings. The number of aromatic nitrogens is 2. The summed E-state index contributed by atoms with van der Waals surface area (Å²) in [5.41, 5.74) is 0.919. The number of aryl methyl sites for hydroxylation is 1. The smallest absolute Gasteiger partial charge is 0.349 e. The number of amides is 1. The van der Waals surface area contributed by atoms with Crippen molar-refractivity contribution in [3.63, 3.8) is 0 Å². The molecule has 162 valence electrons. The van der Waals surface area contributed by atoms with E-state index in [0.29, 0.717) is 39.1 Å². The number of carbonyl (C=O) groups excluding carboxylic acids is 1. The minimum atomic E-state index is -0.732. The zero-order valence-corrected chi connectivity index (χ0v) is 18.9. The molecule has 0 aliphatic rings. The molecule has 1 N–H and O–H groups in total. The maximum atomic E-state index is 13.1. The summed E-state index contributed by atoms with van der Waals surface area (Å²) in [5, 5.41) is 3.83. The Hall–Kier alpha value is -4.04.